The lowest BCUT2D eigenvalue weighted by Gasteiger charge is -2.37. The van der Waals surface area contributed by atoms with Crippen molar-refractivity contribution in [2.45, 2.75) is 114 Å². The summed E-state index contributed by atoms with van der Waals surface area (Å²) in [6.45, 7) is 4.57. The Hall–Kier alpha value is -2.58. The number of alkyl halides is 3. The van der Waals surface area contributed by atoms with E-state index in [1.54, 1.807) is 13.8 Å². The first kappa shape index (κ1) is 33.9. The first-order valence-corrected chi connectivity index (χ1v) is 14.4. The van der Waals surface area contributed by atoms with Crippen molar-refractivity contribution in [2.75, 3.05) is 25.1 Å². The molecule has 17 heteroatoms. The van der Waals surface area contributed by atoms with Gasteiger partial charge in [0.2, 0.25) is 5.82 Å². The molecule has 1 N–H and O–H groups in total. The van der Waals surface area contributed by atoms with Crippen molar-refractivity contribution in [3.8, 4) is 0 Å². The maximum absolute atomic E-state index is 13.1. The minimum absolute atomic E-state index is 0.0815. The molecular formula is C25H37ClF3N9O4. The molecule has 2 aliphatic rings. The number of aromatic nitrogens is 2. The van der Waals surface area contributed by atoms with Gasteiger partial charge in [-0.3, -0.25) is 0 Å². The molecule has 234 valence electrons. The van der Waals surface area contributed by atoms with Crippen molar-refractivity contribution < 1.29 is 32.1 Å². The lowest BCUT2D eigenvalue weighted by molar-refractivity contribution is -0.160. The molecule has 42 heavy (non-hydrogen) atoms. The number of nitrogens with zero attached hydrogens (tertiary/aromatic N) is 8. The molecule has 4 atom stereocenters. The number of rotatable bonds is 17. The zero-order valence-electron chi connectivity index (χ0n) is 23.7. The molecule has 2 aliphatic heterocycles. The normalized spacial score (nSPS) is 23.9. The van der Waals surface area contributed by atoms with E-state index in [1.165, 1.54) is 6.07 Å². The summed E-state index contributed by atoms with van der Waals surface area (Å²) in [4.78, 5) is 12.2. The largest absolute Gasteiger partial charge is 0.451 e. The highest BCUT2D eigenvalue weighted by molar-refractivity contribution is 6.29. The van der Waals surface area contributed by atoms with E-state index >= 15 is 0 Å². The van der Waals surface area contributed by atoms with Gasteiger partial charge in [-0.05, 0) is 37.8 Å². The third-order valence-corrected chi connectivity index (χ3v) is 7.04. The van der Waals surface area contributed by atoms with Crippen molar-refractivity contribution in [1.29, 1.82) is 0 Å². The van der Waals surface area contributed by atoms with Crippen LogP contribution in [-0.2, 0) is 25.1 Å². The zero-order valence-corrected chi connectivity index (χ0v) is 24.4. The van der Waals surface area contributed by atoms with Crippen molar-refractivity contribution in [3.05, 3.63) is 37.9 Å². The average molecular weight is 620 g/mol. The van der Waals surface area contributed by atoms with Crippen molar-refractivity contribution >= 4 is 17.4 Å². The Balaban J connectivity index is 1.34. The molecule has 0 bridgehead atoms. The second-order valence-electron chi connectivity index (χ2n) is 10.7. The van der Waals surface area contributed by atoms with Gasteiger partial charge >= 0.3 is 6.18 Å². The molecule has 0 unspecified atom stereocenters. The van der Waals surface area contributed by atoms with Gasteiger partial charge in [0, 0.05) is 22.5 Å². The van der Waals surface area contributed by atoms with E-state index in [0.717, 1.165) is 51.4 Å². The summed E-state index contributed by atoms with van der Waals surface area (Å²) in [6, 6.07) is 0.692. The monoisotopic (exact) mass is 619 g/mol. The van der Waals surface area contributed by atoms with Gasteiger partial charge in [0.25, 0.3) is 0 Å². The van der Waals surface area contributed by atoms with Crippen LogP contribution in [0.15, 0.2) is 16.3 Å². The molecule has 13 nitrogen and oxygen atoms in total. The molecule has 2 fully saturated rings. The predicted octanol–water partition coefficient (Wildman–Crippen LogP) is 7.32. The number of halogens is 4. The zero-order chi connectivity index (χ0) is 30.6. The summed E-state index contributed by atoms with van der Waals surface area (Å²) >= 11 is 5.80. The van der Waals surface area contributed by atoms with E-state index < -0.39 is 48.3 Å². The van der Waals surface area contributed by atoms with Crippen LogP contribution in [0.5, 0.6) is 0 Å². The van der Waals surface area contributed by atoms with Crippen LogP contribution < -0.4 is 5.32 Å². The predicted molar refractivity (Wildman–Crippen MR) is 147 cm³/mol. The van der Waals surface area contributed by atoms with Gasteiger partial charge in [-0.2, -0.15) is 13.2 Å². The van der Waals surface area contributed by atoms with E-state index in [2.05, 4.69) is 35.3 Å². The first-order chi connectivity index (χ1) is 20.0. The summed E-state index contributed by atoms with van der Waals surface area (Å²) < 4.78 is 63.4. The molecule has 2 saturated heterocycles. The van der Waals surface area contributed by atoms with Gasteiger partial charge in [0.1, 0.15) is 35.4 Å². The molecule has 0 radical (unpaired) electrons. The fraction of sp³-hybridized carbons (Fsp3) is 0.840. The SMILES string of the molecule is CC1(C)O[C@@H]2[C@H](O1)[C@@H](Nc1cc(Cl)nc(C(F)(F)F)n1)CO[C@@H]2COCCCCCCCCCCC(N=[N+]=[N-])N=[N+]=[N-]. The van der Waals surface area contributed by atoms with Gasteiger partial charge in [-0.1, -0.05) is 66.8 Å². The summed E-state index contributed by atoms with van der Waals surface area (Å²) in [5.74, 6) is -2.32. The van der Waals surface area contributed by atoms with E-state index in [-0.39, 0.29) is 17.6 Å². The first-order valence-electron chi connectivity index (χ1n) is 14.0. The molecule has 1 aromatic heterocycles. The maximum atomic E-state index is 13.1. The van der Waals surface area contributed by atoms with Crippen LogP contribution in [-0.4, -0.2) is 66.1 Å². The van der Waals surface area contributed by atoms with Gasteiger partial charge in [0.05, 0.1) is 19.3 Å². The van der Waals surface area contributed by atoms with Crippen LogP contribution >= 0.6 is 11.6 Å². The molecule has 0 saturated carbocycles. The Morgan fingerprint density at radius 1 is 1.05 bits per heavy atom. The van der Waals surface area contributed by atoms with Gasteiger partial charge < -0.3 is 24.3 Å². The number of anilines is 1. The number of hydrogen-bond donors (Lipinski definition) is 1. The smallest absolute Gasteiger partial charge is 0.379 e. The summed E-state index contributed by atoms with van der Waals surface area (Å²) in [7, 11) is 0. The minimum Gasteiger partial charge on any atom is -0.379 e. The molecule has 1 aromatic rings. The van der Waals surface area contributed by atoms with Crippen LogP contribution in [0.2, 0.25) is 5.15 Å². The Kier molecular flexibility index (Phi) is 13.2. The molecule has 0 aliphatic carbocycles. The molecule has 0 aromatic carbocycles. The fourth-order valence-corrected chi connectivity index (χ4v) is 5.14. The van der Waals surface area contributed by atoms with Crippen LogP contribution in [0.4, 0.5) is 19.0 Å². The lowest BCUT2D eigenvalue weighted by Crippen LogP contribution is -2.55. The number of fused-ring (bicyclic) bond motifs is 1. The number of azide groups is 1. The molecule has 0 amide bonds. The topological polar surface area (TPSA) is 172 Å². The third kappa shape index (κ3) is 10.9. The van der Waals surface area contributed by atoms with Gasteiger partial charge in [0.15, 0.2) is 5.79 Å². The Morgan fingerprint density at radius 2 is 1.67 bits per heavy atom. The van der Waals surface area contributed by atoms with Crippen LogP contribution in [0.3, 0.4) is 0 Å². The second-order valence-corrected chi connectivity index (χ2v) is 11.1. The Labute approximate surface area is 247 Å². The van der Waals surface area contributed by atoms with Crippen molar-refractivity contribution in [3.63, 3.8) is 0 Å². The molecular weight excluding hydrogens is 583 g/mol. The molecule has 3 rings (SSSR count). The van der Waals surface area contributed by atoms with Crippen LogP contribution in [0.25, 0.3) is 20.9 Å². The number of hydrogen-bond acceptors (Lipinski definition) is 9. The van der Waals surface area contributed by atoms with Crippen LogP contribution in [0.1, 0.15) is 77.5 Å². The average Bonchev–Trinajstić information content (AvgIpc) is 3.25. The summed E-state index contributed by atoms with van der Waals surface area (Å²) in [5, 5.41) is 9.55. The van der Waals surface area contributed by atoms with E-state index in [9.17, 15) is 13.2 Å². The highest BCUT2D eigenvalue weighted by Gasteiger charge is 2.52. The highest BCUT2D eigenvalue weighted by Crippen LogP contribution is 2.37. The summed E-state index contributed by atoms with van der Waals surface area (Å²) in [5.41, 5.74) is 16.9. The van der Waals surface area contributed by atoms with E-state index in [1.807, 2.05) is 0 Å². The number of unbranched alkanes of at least 4 members (excludes halogenated alkanes) is 7. The second kappa shape index (κ2) is 16.3. The van der Waals surface area contributed by atoms with E-state index in [0.29, 0.717) is 19.6 Å². The number of nitrogens with one attached hydrogen (secondary N) is 1. The highest BCUT2D eigenvalue weighted by atomic mass is 35.5. The van der Waals surface area contributed by atoms with Crippen LogP contribution in [0, 0.1) is 0 Å². The minimum atomic E-state index is -4.74. The molecule has 0 spiro atoms. The van der Waals surface area contributed by atoms with Gasteiger partial charge in [-0.15, -0.1) is 0 Å². The fourth-order valence-electron chi connectivity index (χ4n) is 4.96. The number of ether oxygens (including phenoxy) is 4. The van der Waals surface area contributed by atoms with E-state index in [4.69, 9.17) is 41.6 Å². The third-order valence-electron chi connectivity index (χ3n) is 6.85. The van der Waals surface area contributed by atoms with Crippen molar-refractivity contribution in [2.24, 2.45) is 10.2 Å². The molecule has 3 heterocycles. The summed E-state index contributed by atoms with van der Waals surface area (Å²) in [6.07, 6.45) is 1.94. The van der Waals surface area contributed by atoms with Gasteiger partial charge in [-0.25, -0.2) is 9.97 Å². The Bertz CT molecular complexity index is 1090. The standard InChI is InChI=1S/C25H37ClF3N9O4/c1-24(2)41-21-16(32-20-13-18(26)33-23(34-20)25(27,28)29)14-40-17(22(21)42-24)15-39-12-10-8-6-4-3-5-7-9-11-19(35-37-30)36-38-31/h13,16-17,19,21-22H,3-12,14-15H2,1-2H3,(H,32,33,34)/t16-,17+,21+,22-/m0/s1. The maximum Gasteiger partial charge on any atom is 0.451 e. The lowest BCUT2D eigenvalue weighted by atomic mass is 9.98. The Morgan fingerprint density at radius 3 is 2.31 bits per heavy atom. The quantitative estimate of drug-likeness (QED) is 0.0625. The van der Waals surface area contributed by atoms with Crippen molar-refractivity contribution in [1.82, 2.24) is 9.97 Å².